The van der Waals surface area contributed by atoms with E-state index >= 15 is 0 Å². The Bertz CT molecular complexity index is 159. The van der Waals surface area contributed by atoms with Gasteiger partial charge in [0.1, 0.15) is 0 Å². The van der Waals surface area contributed by atoms with Gasteiger partial charge in [0.05, 0.1) is 0 Å². The minimum absolute atomic E-state index is 0.300. The zero-order valence-electron chi connectivity index (χ0n) is 6.90. The molecular weight excluding hydrogens is 126 g/mol. The van der Waals surface area contributed by atoms with Crippen LogP contribution < -0.4 is 5.73 Å². The predicted molar refractivity (Wildman–Crippen MR) is 42.5 cm³/mol. The van der Waals surface area contributed by atoms with Gasteiger partial charge in [-0.05, 0) is 20.3 Å². The Hall–Kier alpha value is -0.790. The van der Waals surface area contributed by atoms with E-state index in [4.69, 9.17) is 5.73 Å². The van der Waals surface area contributed by atoms with E-state index in [0.29, 0.717) is 5.57 Å². The number of carbonyl (C=O) groups is 1. The zero-order valence-corrected chi connectivity index (χ0v) is 6.90. The third-order valence-corrected chi connectivity index (χ3v) is 1.63. The quantitative estimate of drug-likeness (QED) is 0.596. The molecule has 0 fully saturated rings. The Labute approximate surface area is 62.1 Å². The molecule has 0 heterocycles. The molecule has 1 amide bonds. The van der Waals surface area contributed by atoms with Gasteiger partial charge in [0.15, 0.2) is 0 Å². The van der Waals surface area contributed by atoms with E-state index in [1.807, 2.05) is 6.92 Å². The molecule has 2 nitrogen and oxygen atoms in total. The Morgan fingerprint density at radius 2 is 1.90 bits per heavy atom. The van der Waals surface area contributed by atoms with Gasteiger partial charge in [-0.3, -0.25) is 4.79 Å². The van der Waals surface area contributed by atoms with Crippen LogP contribution in [0.3, 0.4) is 0 Å². The van der Waals surface area contributed by atoms with Crippen LogP contribution >= 0.6 is 0 Å². The maximum absolute atomic E-state index is 10.6. The van der Waals surface area contributed by atoms with Gasteiger partial charge in [-0.15, -0.1) is 0 Å². The van der Waals surface area contributed by atoms with Gasteiger partial charge in [-0.2, -0.15) is 0 Å². The first-order chi connectivity index (χ1) is 4.59. The van der Waals surface area contributed by atoms with Crippen LogP contribution in [0.5, 0.6) is 0 Å². The second-order valence-corrected chi connectivity index (χ2v) is 2.52. The largest absolute Gasteiger partial charge is 0.366 e. The van der Waals surface area contributed by atoms with Gasteiger partial charge in [0.2, 0.25) is 5.91 Å². The number of primary amides is 1. The number of rotatable bonds is 3. The van der Waals surface area contributed by atoms with Crippen LogP contribution in [-0.4, -0.2) is 5.91 Å². The molecule has 0 aromatic heterocycles. The molecule has 0 aliphatic heterocycles. The van der Waals surface area contributed by atoms with Gasteiger partial charge in [0.25, 0.3) is 0 Å². The van der Waals surface area contributed by atoms with Crippen molar-refractivity contribution < 1.29 is 4.79 Å². The van der Waals surface area contributed by atoms with Crippen LogP contribution in [0.25, 0.3) is 0 Å². The number of carbonyl (C=O) groups excluding carboxylic acids is 1. The van der Waals surface area contributed by atoms with Crippen molar-refractivity contribution >= 4 is 5.91 Å². The Balaban J connectivity index is 4.19. The topological polar surface area (TPSA) is 43.1 Å². The highest BCUT2D eigenvalue weighted by atomic mass is 16.1. The Morgan fingerprint density at radius 3 is 2.20 bits per heavy atom. The molecule has 0 atom stereocenters. The lowest BCUT2D eigenvalue weighted by molar-refractivity contribution is -0.114. The van der Waals surface area contributed by atoms with Crippen LogP contribution in [-0.2, 0) is 4.79 Å². The maximum atomic E-state index is 10.6. The summed E-state index contributed by atoms with van der Waals surface area (Å²) >= 11 is 0. The first-order valence-electron chi connectivity index (χ1n) is 3.55. The van der Waals surface area contributed by atoms with Gasteiger partial charge in [-0.25, -0.2) is 0 Å². The molecule has 0 bridgehead atoms. The highest BCUT2D eigenvalue weighted by molar-refractivity contribution is 5.91. The fraction of sp³-hybridized carbons (Fsp3) is 0.625. The number of allylic oxidation sites excluding steroid dienone is 1. The standard InChI is InChI=1S/C8H15NO/c1-4-5-6(2)7(3)8(9)10/h4-5H2,1-3H3,(H2,9,10). The minimum Gasteiger partial charge on any atom is -0.366 e. The van der Waals surface area contributed by atoms with Gasteiger partial charge >= 0.3 is 0 Å². The summed E-state index contributed by atoms with van der Waals surface area (Å²) in [7, 11) is 0. The molecule has 0 radical (unpaired) electrons. The molecule has 10 heavy (non-hydrogen) atoms. The van der Waals surface area contributed by atoms with Crippen LogP contribution in [0, 0.1) is 0 Å². The fourth-order valence-corrected chi connectivity index (χ4v) is 0.773. The first kappa shape index (κ1) is 9.21. The van der Waals surface area contributed by atoms with E-state index in [-0.39, 0.29) is 5.91 Å². The van der Waals surface area contributed by atoms with E-state index < -0.39 is 0 Å². The molecule has 0 aromatic rings. The molecular formula is C8H15NO. The third kappa shape index (κ3) is 2.67. The van der Waals surface area contributed by atoms with Gasteiger partial charge in [-0.1, -0.05) is 18.9 Å². The molecule has 0 saturated heterocycles. The molecule has 58 valence electrons. The van der Waals surface area contributed by atoms with Crippen molar-refractivity contribution in [2.45, 2.75) is 33.6 Å². The normalized spacial score (nSPS) is 12.7. The van der Waals surface area contributed by atoms with E-state index in [1.165, 1.54) is 0 Å². The fourth-order valence-electron chi connectivity index (χ4n) is 0.773. The van der Waals surface area contributed by atoms with Crippen LogP contribution in [0.15, 0.2) is 11.1 Å². The summed E-state index contributed by atoms with van der Waals surface area (Å²) in [6.45, 7) is 5.80. The van der Waals surface area contributed by atoms with Crippen LogP contribution in [0.1, 0.15) is 33.6 Å². The summed E-state index contributed by atoms with van der Waals surface area (Å²) in [6.07, 6.45) is 2.03. The lowest BCUT2D eigenvalue weighted by Gasteiger charge is -2.00. The van der Waals surface area contributed by atoms with Crippen molar-refractivity contribution in [1.29, 1.82) is 0 Å². The van der Waals surface area contributed by atoms with Gasteiger partial charge < -0.3 is 5.73 Å². The molecule has 0 unspecified atom stereocenters. The summed E-state index contributed by atoms with van der Waals surface area (Å²) in [5, 5.41) is 0. The smallest absolute Gasteiger partial charge is 0.244 e. The second-order valence-electron chi connectivity index (χ2n) is 2.52. The van der Waals surface area contributed by atoms with E-state index in [1.54, 1.807) is 6.92 Å². The van der Waals surface area contributed by atoms with E-state index in [0.717, 1.165) is 18.4 Å². The number of hydrogen-bond donors (Lipinski definition) is 1. The number of hydrogen-bond acceptors (Lipinski definition) is 1. The number of amides is 1. The second kappa shape index (κ2) is 4.09. The highest BCUT2D eigenvalue weighted by Crippen LogP contribution is 2.08. The predicted octanol–water partition coefficient (Wildman–Crippen LogP) is 1.61. The maximum Gasteiger partial charge on any atom is 0.244 e. The van der Waals surface area contributed by atoms with Crippen molar-refractivity contribution in [1.82, 2.24) is 0 Å². The zero-order chi connectivity index (χ0) is 8.15. The summed E-state index contributed by atoms with van der Waals surface area (Å²) < 4.78 is 0. The van der Waals surface area contributed by atoms with E-state index in [9.17, 15) is 4.79 Å². The summed E-state index contributed by atoms with van der Waals surface area (Å²) in [6, 6.07) is 0. The monoisotopic (exact) mass is 141 g/mol. The average Bonchev–Trinajstić information content (AvgIpc) is 1.87. The average molecular weight is 141 g/mol. The van der Waals surface area contributed by atoms with Crippen LogP contribution in [0.2, 0.25) is 0 Å². The summed E-state index contributed by atoms with van der Waals surface area (Å²) in [4.78, 5) is 10.6. The minimum atomic E-state index is -0.300. The molecule has 0 aliphatic rings. The summed E-state index contributed by atoms with van der Waals surface area (Å²) in [5.41, 5.74) is 6.89. The van der Waals surface area contributed by atoms with E-state index in [2.05, 4.69) is 6.92 Å². The van der Waals surface area contributed by atoms with Crippen LogP contribution in [0.4, 0.5) is 0 Å². The van der Waals surface area contributed by atoms with Crippen molar-refractivity contribution in [3.63, 3.8) is 0 Å². The molecule has 0 saturated carbocycles. The molecule has 2 heteroatoms. The van der Waals surface area contributed by atoms with Crippen molar-refractivity contribution in [3.05, 3.63) is 11.1 Å². The lowest BCUT2D eigenvalue weighted by atomic mass is 10.1. The van der Waals surface area contributed by atoms with Crippen molar-refractivity contribution in [2.24, 2.45) is 5.73 Å². The number of nitrogens with two attached hydrogens (primary N) is 1. The molecule has 2 N–H and O–H groups in total. The summed E-state index contributed by atoms with van der Waals surface area (Å²) in [5.74, 6) is -0.300. The SMILES string of the molecule is CCCC(C)=C(C)C(N)=O. The Morgan fingerprint density at radius 1 is 1.40 bits per heavy atom. The molecule has 0 spiro atoms. The first-order valence-corrected chi connectivity index (χ1v) is 3.55. The third-order valence-electron chi connectivity index (χ3n) is 1.63. The van der Waals surface area contributed by atoms with Crippen molar-refractivity contribution in [3.8, 4) is 0 Å². The molecule has 0 aromatic carbocycles. The molecule has 0 rings (SSSR count). The molecule has 0 aliphatic carbocycles. The lowest BCUT2D eigenvalue weighted by Crippen LogP contribution is -2.13. The van der Waals surface area contributed by atoms with Gasteiger partial charge in [0, 0.05) is 5.57 Å². The van der Waals surface area contributed by atoms with Crippen molar-refractivity contribution in [2.75, 3.05) is 0 Å². The Kier molecular flexibility index (Phi) is 3.77. The highest BCUT2D eigenvalue weighted by Gasteiger charge is 2.00.